The van der Waals surface area contributed by atoms with E-state index >= 15 is 0 Å². The highest BCUT2D eigenvalue weighted by molar-refractivity contribution is 7.75. The summed E-state index contributed by atoms with van der Waals surface area (Å²) in [5.74, 6) is 0. The van der Waals surface area contributed by atoms with Crippen molar-refractivity contribution in [1.29, 1.82) is 0 Å². The molecule has 0 aliphatic carbocycles. The summed E-state index contributed by atoms with van der Waals surface area (Å²) < 4.78 is 0. The van der Waals surface area contributed by atoms with E-state index in [0.29, 0.717) is 5.30 Å². The fourth-order valence-electron chi connectivity index (χ4n) is 3.20. The van der Waals surface area contributed by atoms with Gasteiger partial charge in [0.2, 0.25) is 0 Å². The molecule has 0 aromatic heterocycles. The first kappa shape index (κ1) is 26.0. The van der Waals surface area contributed by atoms with Crippen LogP contribution in [0, 0.1) is 0 Å². The Labute approximate surface area is 165 Å². The molecule has 0 spiro atoms. The van der Waals surface area contributed by atoms with Crippen molar-refractivity contribution >= 4 is 20.9 Å². The molecule has 1 N–H and O–H groups in total. The van der Waals surface area contributed by atoms with Crippen molar-refractivity contribution in [3.05, 3.63) is 30.3 Å². The van der Waals surface area contributed by atoms with Crippen molar-refractivity contribution < 1.29 is 9.79 Å². The van der Waals surface area contributed by atoms with E-state index in [1.165, 1.54) is 51.4 Å². The zero-order chi connectivity index (χ0) is 19.7. The van der Waals surface area contributed by atoms with Crippen molar-refractivity contribution in [2.45, 2.75) is 79.1 Å². The van der Waals surface area contributed by atoms with Crippen molar-refractivity contribution in [3.63, 3.8) is 0 Å². The number of unbranched alkanes of at least 4 members (excludes halogenated alkanes) is 4. The lowest BCUT2D eigenvalue weighted by Gasteiger charge is -2.28. The minimum Gasteiger partial charge on any atom is -0.805 e. The van der Waals surface area contributed by atoms with Gasteiger partial charge in [0.25, 0.3) is 0 Å². The van der Waals surface area contributed by atoms with Crippen LogP contribution in [-0.4, -0.2) is 29.5 Å². The molecule has 0 saturated heterocycles. The van der Waals surface area contributed by atoms with Gasteiger partial charge in [-0.25, -0.2) is 0 Å². The van der Waals surface area contributed by atoms with Gasteiger partial charge < -0.3 is 9.79 Å². The molecule has 0 saturated carbocycles. The second kappa shape index (κ2) is 17.1. The lowest BCUT2D eigenvalue weighted by Crippen LogP contribution is -2.12. The molecule has 0 bridgehead atoms. The first-order valence-corrected chi connectivity index (χ1v) is 14.4. The van der Waals surface area contributed by atoms with E-state index < -0.39 is 15.6 Å². The van der Waals surface area contributed by atoms with E-state index in [1.54, 1.807) is 48.9 Å². The molecule has 1 aromatic carbocycles. The van der Waals surface area contributed by atoms with Crippen molar-refractivity contribution in [2.75, 3.05) is 24.6 Å². The standard InChI is InChI=1S/C16H36P.C6H6O2P/c1-5-9-13-17(14-10-6-2,15-11-7-3)16-12-8-4;7-9(8)6-4-2-1-3-5-6/h5-16H2,1-4H3;1-5,7H/q+1;-1. The summed E-state index contributed by atoms with van der Waals surface area (Å²) in [5, 5.41) is 0.479. The highest BCUT2D eigenvalue weighted by Gasteiger charge is 2.34. The molecule has 0 aliphatic rings. The molecule has 26 heavy (non-hydrogen) atoms. The van der Waals surface area contributed by atoms with Crippen LogP contribution in [0.5, 0.6) is 0 Å². The maximum atomic E-state index is 10.3. The second-order valence-electron chi connectivity index (χ2n) is 7.26. The predicted octanol–water partition coefficient (Wildman–Crippen LogP) is 6.18. The Morgan fingerprint density at radius 3 is 1.31 bits per heavy atom. The van der Waals surface area contributed by atoms with E-state index in [2.05, 4.69) is 27.7 Å². The van der Waals surface area contributed by atoms with Crippen LogP contribution in [-0.2, 0) is 0 Å². The maximum absolute atomic E-state index is 10.3. The molecule has 1 atom stereocenters. The summed E-state index contributed by atoms with van der Waals surface area (Å²) in [6.45, 7) is 9.42. The molecule has 0 aliphatic heterocycles. The largest absolute Gasteiger partial charge is 0.805 e. The third-order valence-corrected chi connectivity index (χ3v) is 10.7. The number of hydrogen-bond donors (Lipinski definition) is 1. The topological polar surface area (TPSA) is 43.3 Å². The van der Waals surface area contributed by atoms with Gasteiger partial charge in [-0.15, -0.1) is 0 Å². The number of hydrogen-bond acceptors (Lipinski definition) is 2. The van der Waals surface area contributed by atoms with Gasteiger partial charge in [-0.2, -0.15) is 0 Å². The van der Waals surface area contributed by atoms with Crippen LogP contribution in [0.25, 0.3) is 0 Å². The highest BCUT2D eigenvalue weighted by atomic mass is 31.2. The molecule has 0 amide bonds. The second-order valence-corrected chi connectivity index (χ2v) is 12.8. The predicted molar refractivity (Wildman–Crippen MR) is 121 cm³/mol. The van der Waals surface area contributed by atoms with E-state index in [0.717, 1.165) is 0 Å². The molecule has 4 heteroatoms. The molecule has 152 valence electrons. The first-order chi connectivity index (χ1) is 12.5. The fourth-order valence-corrected chi connectivity index (χ4v) is 8.92. The summed E-state index contributed by atoms with van der Waals surface area (Å²) in [7, 11) is -2.71. The fraction of sp³-hybridized carbons (Fsp3) is 0.727. The van der Waals surface area contributed by atoms with Crippen LogP contribution >= 0.6 is 15.6 Å². The SMILES string of the molecule is CCCC[P+](CCCC)(CCCC)CCCC.[O-]P(O)c1ccccc1. The Kier molecular flexibility index (Phi) is 17.1. The molecule has 1 aromatic rings. The van der Waals surface area contributed by atoms with Crippen LogP contribution in [0.4, 0.5) is 0 Å². The summed E-state index contributed by atoms with van der Waals surface area (Å²) in [4.78, 5) is 18.9. The van der Waals surface area contributed by atoms with Crippen LogP contribution < -0.4 is 10.2 Å². The minimum absolute atomic E-state index is 0.479. The molecular formula is C22H42O2P2. The van der Waals surface area contributed by atoms with Gasteiger partial charge in [-0.3, -0.25) is 0 Å². The lowest BCUT2D eigenvalue weighted by molar-refractivity contribution is -0.171. The first-order valence-electron chi connectivity index (χ1n) is 10.6. The zero-order valence-electron chi connectivity index (χ0n) is 17.6. The smallest absolute Gasteiger partial charge is 0.0594 e. The van der Waals surface area contributed by atoms with Gasteiger partial charge in [0, 0.05) is 7.26 Å². The normalized spacial score (nSPS) is 12.4. The Hall–Kier alpha value is 0. The Bertz CT molecular complexity index is 372. The summed E-state index contributed by atoms with van der Waals surface area (Å²) >= 11 is 0. The monoisotopic (exact) mass is 400 g/mol. The molecule has 0 heterocycles. The Morgan fingerprint density at radius 1 is 0.731 bits per heavy atom. The van der Waals surface area contributed by atoms with Crippen LogP contribution in [0.1, 0.15) is 79.1 Å². The molecule has 1 rings (SSSR count). The minimum atomic E-state index is -2.15. The van der Waals surface area contributed by atoms with Gasteiger partial charge in [-0.1, -0.05) is 83.7 Å². The maximum Gasteiger partial charge on any atom is 0.0594 e. The van der Waals surface area contributed by atoms with Crippen molar-refractivity contribution in [2.24, 2.45) is 0 Å². The third-order valence-electron chi connectivity index (χ3n) is 4.92. The zero-order valence-corrected chi connectivity index (χ0v) is 19.4. The molecule has 0 fully saturated rings. The van der Waals surface area contributed by atoms with E-state index in [4.69, 9.17) is 4.89 Å². The van der Waals surface area contributed by atoms with Crippen LogP contribution in [0.15, 0.2) is 30.3 Å². The molecular weight excluding hydrogens is 358 g/mol. The Morgan fingerprint density at radius 2 is 1.08 bits per heavy atom. The third kappa shape index (κ3) is 12.4. The Balaban J connectivity index is 0.000000577. The lowest BCUT2D eigenvalue weighted by atomic mass is 10.4. The van der Waals surface area contributed by atoms with Crippen LogP contribution in [0.2, 0.25) is 0 Å². The van der Waals surface area contributed by atoms with Gasteiger partial charge in [-0.05, 0) is 39.4 Å². The average Bonchev–Trinajstić information content (AvgIpc) is 2.68. The average molecular weight is 401 g/mol. The molecule has 1 unspecified atom stereocenters. The van der Waals surface area contributed by atoms with Crippen molar-refractivity contribution in [1.82, 2.24) is 0 Å². The van der Waals surface area contributed by atoms with E-state index in [9.17, 15) is 4.89 Å². The van der Waals surface area contributed by atoms with E-state index in [-0.39, 0.29) is 0 Å². The molecule has 0 radical (unpaired) electrons. The van der Waals surface area contributed by atoms with Crippen LogP contribution in [0.3, 0.4) is 0 Å². The summed E-state index contributed by atoms with van der Waals surface area (Å²) in [6.07, 6.45) is 17.9. The summed E-state index contributed by atoms with van der Waals surface area (Å²) in [6, 6.07) is 8.53. The van der Waals surface area contributed by atoms with Gasteiger partial charge in [0.05, 0.1) is 24.6 Å². The quantitative estimate of drug-likeness (QED) is 0.402. The van der Waals surface area contributed by atoms with Crippen molar-refractivity contribution in [3.8, 4) is 0 Å². The highest BCUT2D eigenvalue weighted by Crippen LogP contribution is 2.61. The number of rotatable bonds is 13. The van der Waals surface area contributed by atoms with Gasteiger partial charge in [0.1, 0.15) is 0 Å². The summed E-state index contributed by atoms with van der Waals surface area (Å²) in [5.41, 5.74) is 0. The number of benzene rings is 1. The molecule has 2 nitrogen and oxygen atoms in total. The van der Waals surface area contributed by atoms with Gasteiger partial charge >= 0.3 is 0 Å². The van der Waals surface area contributed by atoms with Gasteiger partial charge in [0.15, 0.2) is 0 Å². The van der Waals surface area contributed by atoms with E-state index in [1.807, 2.05) is 6.07 Å².